The third-order valence-corrected chi connectivity index (χ3v) is 3.29. The van der Waals surface area contributed by atoms with Gasteiger partial charge in [0.2, 0.25) is 5.82 Å². The molecule has 0 fully saturated rings. The Morgan fingerprint density at radius 2 is 1.76 bits per heavy atom. The fourth-order valence-electron chi connectivity index (χ4n) is 2.01. The van der Waals surface area contributed by atoms with Gasteiger partial charge in [0.25, 0.3) is 5.89 Å². The van der Waals surface area contributed by atoms with E-state index in [9.17, 15) is 0 Å². The lowest BCUT2D eigenvalue weighted by Crippen LogP contribution is -1.90. The summed E-state index contributed by atoms with van der Waals surface area (Å²) in [7, 11) is 1.63. The average Bonchev–Trinajstić information content (AvgIpc) is 3.00. The second-order valence-corrected chi connectivity index (χ2v) is 4.72. The first-order chi connectivity index (χ1) is 10.2. The second kappa shape index (κ2) is 5.28. The van der Waals surface area contributed by atoms with E-state index >= 15 is 0 Å². The fraction of sp³-hybridized carbons (Fsp3) is 0.125. The molecule has 1 aromatic heterocycles. The summed E-state index contributed by atoms with van der Waals surface area (Å²) in [5.74, 6) is 1.80. The number of nitrogens with two attached hydrogens (primary N) is 1. The summed E-state index contributed by atoms with van der Waals surface area (Å²) in [5, 5.41) is 4.02. The van der Waals surface area contributed by atoms with Gasteiger partial charge < -0.3 is 15.0 Å². The van der Waals surface area contributed by atoms with Gasteiger partial charge in [0.1, 0.15) is 5.75 Å². The quantitative estimate of drug-likeness (QED) is 0.745. The molecule has 3 rings (SSSR count). The van der Waals surface area contributed by atoms with Crippen molar-refractivity contribution in [3.05, 3.63) is 48.0 Å². The van der Waals surface area contributed by atoms with Crippen LogP contribution >= 0.6 is 0 Å². The molecule has 0 spiro atoms. The van der Waals surface area contributed by atoms with Gasteiger partial charge in [-0.25, -0.2) is 0 Å². The van der Waals surface area contributed by atoms with E-state index in [1.807, 2.05) is 49.4 Å². The average molecular weight is 281 g/mol. The molecule has 0 amide bonds. The van der Waals surface area contributed by atoms with Crippen LogP contribution in [0.15, 0.2) is 47.0 Å². The monoisotopic (exact) mass is 281 g/mol. The first kappa shape index (κ1) is 13.2. The smallest absolute Gasteiger partial charge is 0.258 e. The Morgan fingerprint density at radius 3 is 2.43 bits per heavy atom. The zero-order valence-electron chi connectivity index (χ0n) is 11.8. The van der Waals surface area contributed by atoms with E-state index in [2.05, 4.69) is 10.1 Å². The van der Waals surface area contributed by atoms with Crippen LogP contribution in [0.2, 0.25) is 0 Å². The van der Waals surface area contributed by atoms with Crippen molar-refractivity contribution in [1.82, 2.24) is 10.1 Å². The molecule has 0 radical (unpaired) electrons. The van der Waals surface area contributed by atoms with Crippen LogP contribution in [0, 0.1) is 6.92 Å². The third-order valence-electron chi connectivity index (χ3n) is 3.29. The van der Waals surface area contributed by atoms with Gasteiger partial charge in [-0.15, -0.1) is 0 Å². The molecule has 0 aliphatic heterocycles. The molecule has 0 bridgehead atoms. The molecule has 0 saturated heterocycles. The molecule has 5 heteroatoms. The molecule has 2 aromatic carbocycles. The molecule has 0 saturated carbocycles. The lowest BCUT2D eigenvalue weighted by atomic mass is 10.1. The minimum Gasteiger partial charge on any atom is -0.497 e. The standard InChI is InChI=1S/C16H15N3O2/c1-10-9-12(5-8-14(10)17)15-18-16(21-19-15)11-3-6-13(20-2)7-4-11/h3-9H,17H2,1-2H3. The number of benzene rings is 2. The Balaban J connectivity index is 1.93. The van der Waals surface area contributed by atoms with Crippen molar-refractivity contribution in [2.75, 3.05) is 12.8 Å². The molecular weight excluding hydrogens is 266 g/mol. The van der Waals surface area contributed by atoms with Crippen LogP contribution in [0.3, 0.4) is 0 Å². The van der Waals surface area contributed by atoms with Crippen LogP contribution in [0.4, 0.5) is 5.69 Å². The van der Waals surface area contributed by atoms with E-state index in [1.165, 1.54) is 0 Å². The molecule has 0 aliphatic rings. The lowest BCUT2D eigenvalue weighted by molar-refractivity contribution is 0.414. The van der Waals surface area contributed by atoms with E-state index in [4.69, 9.17) is 15.0 Å². The molecule has 3 aromatic rings. The normalized spacial score (nSPS) is 10.6. The topological polar surface area (TPSA) is 74.2 Å². The Labute approximate surface area is 122 Å². The minimum absolute atomic E-state index is 0.474. The van der Waals surface area contributed by atoms with E-state index in [1.54, 1.807) is 7.11 Å². The number of aryl methyl sites for hydroxylation is 1. The van der Waals surface area contributed by atoms with Crippen LogP contribution in [0.25, 0.3) is 22.8 Å². The maximum absolute atomic E-state index is 5.81. The Morgan fingerprint density at radius 1 is 1.05 bits per heavy atom. The van der Waals surface area contributed by atoms with Gasteiger partial charge in [-0.1, -0.05) is 5.16 Å². The minimum atomic E-state index is 0.474. The predicted octanol–water partition coefficient (Wildman–Crippen LogP) is 3.30. The molecule has 1 heterocycles. The first-order valence-corrected chi connectivity index (χ1v) is 6.52. The Hall–Kier alpha value is -2.82. The van der Waals surface area contributed by atoms with Crippen LogP contribution in [-0.4, -0.2) is 17.3 Å². The van der Waals surface area contributed by atoms with Gasteiger partial charge in [0.15, 0.2) is 0 Å². The largest absolute Gasteiger partial charge is 0.497 e. The second-order valence-electron chi connectivity index (χ2n) is 4.72. The summed E-state index contributed by atoms with van der Waals surface area (Å²) in [6, 6.07) is 13.1. The Kier molecular flexibility index (Phi) is 3.31. The van der Waals surface area contributed by atoms with Crippen molar-refractivity contribution in [3.63, 3.8) is 0 Å². The number of nitrogens with zero attached hydrogens (tertiary/aromatic N) is 2. The summed E-state index contributed by atoms with van der Waals surface area (Å²) < 4.78 is 10.4. The molecule has 0 atom stereocenters. The number of ether oxygens (including phenoxy) is 1. The molecule has 0 aliphatic carbocycles. The number of anilines is 1. The summed E-state index contributed by atoms with van der Waals surface area (Å²) in [5.41, 5.74) is 9.28. The number of hydrogen-bond donors (Lipinski definition) is 1. The van der Waals surface area contributed by atoms with Gasteiger partial charge in [-0.05, 0) is 55.0 Å². The van der Waals surface area contributed by atoms with Crippen molar-refractivity contribution >= 4 is 5.69 Å². The van der Waals surface area contributed by atoms with Gasteiger partial charge in [-0.2, -0.15) is 4.98 Å². The van der Waals surface area contributed by atoms with Crippen LogP contribution < -0.4 is 10.5 Å². The summed E-state index contributed by atoms with van der Waals surface area (Å²) in [4.78, 5) is 4.42. The van der Waals surface area contributed by atoms with Gasteiger partial charge in [0, 0.05) is 16.8 Å². The molecule has 2 N–H and O–H groups in total. The Bertz CT molecular complexity index is 763. The van der Waals surface area contributed by atoms with Crippen molar-refractivity contribution in [2.45, 2.75) is 6.92 Å². The first-order valence-electron chi connectivity index (χ1n) is 6.52. The van der Waals surface area contributed by atoms with Crippen LogP contribution in [-0.2, 0) is 0 Å². The highest BCUT2D eigenvalue weighted by Crippen LogP contribution is 2.25. The highest BCUT2D eigenvalue weighted by Gasteiger charge is 2.11. The van der Waals surface area contributed by atoms with Crippen LogP contribution in [0.1, 0.15) is 5.56 Å². The lowest BCUT2D eigenvalue weighted by Gasteiger charge is -2.00. The van der Waals surface area contributed by atoms with Gasteiger partial charge in [0.05, 0.1) is 7.11 Å². The van der Waals surface area contributed by atoms with E-state index in [0.29, 0.717) is 11.7 Å². The molecule has 5 nitrogen and oxygen atoms in total. The van der Waals surface area contributed by atoms with Crippen molar-refractivity contribution < 1.29 is 9.26 Å². The molecule has 106 valence electrons. The predicted molar refractivity (Wildman–Crippen MR) is 80.9 cm³/mol. The third kappa shape index (κ3) is 2.58. The van der Waals surface area contributed by atoms with Crippen molar-refractivity contribution in [2.24, 2.45) is 0 Å². The zero-order chi connectivity index (χ0) is 14.8. The highest BCUT2D eigenvalue weighted by molar-refractivity contribution is 5.64. The van der Waals surface area contributed by atoms with Gasteiger partial charge in [-0.3, -0.25) is 0 Å². The number of rotatable bonds is 3. The summed E-state index contributed by atoms with van der Waals surface area (Å²) >= 11 is 0. The number of nitrogen functional groups attached to an aromatic ring is 1. The van der Waals surface area contributed by atoms with E-state index < -0.39 is 0 Å². The number of methoxy groups -OCH3 is 1. The fourth-order valence-corrected chi connectivity index (χ4v) is 2.01. The van der Waals surface area contributed by atoms with Crippen molar-refractivity contribution in [3.8, 4) is 28.6 Å². The van der Waals surface area contributed by atoms with E-state index in [0.717, 1.165) is 28.1 Å². The maximum atomic E-state index is 5.81. The van der Waals surface area contributed by atoms with Crippen molar-refractivity contribution in [1.29, 1.82) is 0 Å². The summed E-state index contributed by atoms with van der Waals surface area (Å²) in [6.45, 7) is 1.95. The highest BCUT2D eigenvalue weighted by atomic mass is 16.5. The molecule has 21 heavy (non-hydrogen) atoms. The zero-order valence-corrected chi connectivity index (χ0v) is 11.8. The SMILES string of the molecule is COc1ccc(-c2nc(-c3ccc(N)c(C)c3)no2)cc1. The van der Waals surface area contributed by atoms with Gasteiger partial charge >= 0.3 is 0 Å². The number of aromatic nitrogens is 2. The summed E-state index contributed by atoms with van der Waals surface area (Å²) in [6.07, 6.45) is 0. The molecular formula is C16H15N3O2. The molecule has 0 unspecified atom stereocenters. The van der Waals surface area contributed by atoms with Crippen LogP contribution in [0.5, 0.6) is 5.75 Å². The van der Waals surface area contributed by atoms with E-state index in [-0.39, 0.29) is 0 Å². The number of hydrogen-bond acceptors (Lipinski definition) is 5. The maximum Gasteiger partial charge on any atom is 0.258 e.